The number of aryl methyl sites for hydroxylation is 2. The first kappa shape index (κ1) is 19.4. The molecule has 2 rings (SSSR count). The summed E-state index contributed by atoms with van der Waals surface area (Å²) in [6.07, 6.45) is -5.21. The van der Waals surface area contributed by atoms with Crippen LogP contribution in [0, 0.1) is 13.8 Å². The summed E-state index contributed by atoms with van der Waals surface area (Å²) in [5.41, 5.74) is -0.299. The van der Waals surface area contributed by atoms with E-state index in [1.807, 2.05) is 0 Å². The minimum atomic E-state index is -4.85. The molecule has 0 aliphatic rings. The van der Waals surface area contributed by atoms with Gasteiger partial charge >= 0.3 is 18.1 Å². The molecule has 0 radical (unpaired) electrons. The zero-order valence-electron chi connectivity index (χ0n) is 14.4. The van der Waals surface area contributed by atoms with Crippen molar-refractivity contribution in [2.75, 3.05) is 7.11 Å². The lowest BCUT2D eigenvalue weighted by atomic mass is 10.1. The van der Waals surface area contributed by atoms with Gasteiger partial charge in [-0.25, -0.2) is 9.59 Å². The van der Waals surface area contributed by atoms with Gasteiger partial charge in [0.2, 0.25) is 6.10 Å². The Bertz CT molecular complexity index is 846. The number of ether oxygens (including phenoxy) is 2. The molecule has 0 aromatic carbocycles. The van der Waals surface area contributed by atoms with Crippen LogP contribution in [0.1, 0.15) is 43.8 Å². The quantitative estimate of drug-likeness (QED) is 0.769. The molecule has 7 nitrogen and oxygen atoms in total. The highest BCUT2D eigenvalue weighted by atomic mass is 19.4. The summed E-state index contributed by atoms with van der Waals surface area (Å²) in [7, 11) is 2.62. The number of halogens is 3. The lowest BCUT2D eigenvalue weighted by Gasteiger charge is -2.21. The van der Waals surface area contributed by atoms with E-state index in [1.54, 1.807) is 0 Å². The average Bonchev–Trinajstić information content (AvgIpc) is 2.83. The van der Waals surface area contributed by atoms with Crippen LogP contribution < -0.4 is 0 Å². The summed E-state index contributed by atoms with van der Waals surface area (Å²) in [6.45, 7) is 2.84. The molecule has 0 N–H and O–H groups in total. The van der Waals surface area contributed by atoms with E-state index in [0.717, 1.165) is 25.6 Å². The molecule has 10 heteroatoms. The van der Waals surface area contributed by atoms with Crippen molar-refractivity contribution in [1.29, 1.82) is 0 Å². The highest BCUT2D eigenvalue weighted by Crippen LogP contribution is 2.39. The molecule has 1 atom stereocenters. The van der Waals surface area contributed by atoms with Crippen LogP contribution >= 0.6 is 0 Å². The Kier molecular flexibility index (Phi) is 5.33. The molecule has 0 bridgehead atoms. The number of pyridine rings is 1. The van der Waals surface area contributed by atoms with Crippen molar-refractivity contribution in [2.45, 2.75) is 26.1 Å². The lowest BCUT2D eigenvalue weighted by molar-refractivity contribution is -0.207. The van der Waals surface area contributed by atoms with Crippen molar-refractivity contribution in [3.8, 4) is 0 Å². The number of hydrogen-bond acceptors (Lipinski definition) is 6. The molecule has 2 aromatic rings. The predicted molar refractivity (Wildman–Crippen MR) is 82.5 cm³/mol. The molecule has 1 unspecified atom stereocenters. The largest absolute Gasteiger partial charge is 0.465 e. The number of esters is 2. The minimum absolute atomic E-state index is 0.0840. The maximum absolute atomic E-state index is 13.5. The van der Waals surface area contributed by atoms with Crippen molar-refractivity contribution < 1.29 is 32.2 Å². The summed E-state index contributed by atoms with van der Waals surface area (Å²) in [5.74, 6) is -2.05. The van der Waals surface area contributed by atoms with Crippen LogP contribution in [0.15, 0.2) is 18.5 Å². The van der Waals surface area contributed by atoms with E-state index in [-0.39, 0.29) is 28.1 Å². The Morgan fingerprint density at radius 2 is 1.73 bits per heavy atom. The van der Waals surface area contributed by atoms with Crippen LogP contribution in [-0.4, -0.2) is 40.0 Å². The molecule has 140 valence electrons. The molecule has 0 aliphatic heterocycles. The highest BCUT2D eigenvalue weighted by Gasteiger charge is 2.47. The van der Waals surface area contributed by atoms with Crippen LogP contribution in [0.4, 0.5) is 13.2 Å². The fourth-order valence-corrected chi connectivity index (χ4v) is 2.41. The van der Waals surface area contributed by atoms with Gasteiger partial charge in [0.1, 0.15) is 0 Å². The third kappa shape index (κ3) is 3.84. The van der Waals surface area contributed by atoms with Crippen LogP contribution in [0.5, 0.6) is 0 Å². The number of methoxy groups -OCH3 is 1. The molecule has 0 aliphatic carbocycles. The van der Waals surface area contributed by atoms with Gasteiger partial charge in [-0.05, 0) is 19.9 Å². The van der Waals surface area contributed by atoms with Gasteiger partial charge in [0.15, 0.2) is 0 Å². The van der Waals surface area contributed by atoms with Gasteiger partial charge in [0.05, 0.1) is 23.9 Å². The van der Waals surface area contributed by atoms with Gasteiger partial charge in [-0.2, -0.15) is 18.3 Å². The topological polar surface area (TPSA) is 83.3 Å². The number of nitrogens with zero attached hydrogens (tertiary/aromatic N) is 3. The summed E-state index contributed by atoms with van der Waals surface area (Å²) >= 11 is 0. The van der Waals surface area contributed by atoms with Gasteiger partial charge in [0, 0.05) is 30.7 Å². The highest BCUT2D eigenvalue weighted by molar-refractivity contribution is 5.94. The van der Waals surface area contributed by atoms with E-state index in [1.165, 1.54) is 25.6 Å². The standard InChI is InChI=1S/C16H16F3N3O4/c1-8-12(9(2)22(3)21-8)13(16(17,18)19)26-15(24)11-5-10(6-20-7-11)14(23)25-4/h5-7,13H,1-4H3. The van der Waals surface area contributed by atoms with Crippen molar-refractivity contribution >= 4 is 11.9 Å². The number of hydrogen-bond donors (Lipinski definition) is 0. The summed E-state index contributed by atoms with van der Waals surface area (Å²) < 4.78 is 51.0. The molecule has 0 amide bonds. The number of aromatic nitrogens is 3. The van der Waals surface area contributed by atoms with Crippen LogP contribution in [0.3, 0.4) is 0 Å². The first-order chi connectivity index (χ1) is 12.1. The Morgan fingerprint density at radius 3 is 2.19 bits per heavy atom. The molecule has 0 spiro atoms. The van der Waals surface area contributed by atoms with E-state index < -0.39 is 24.2 Å². The Morgan fingerprint density at radius 1 is 1.15 bits per heavy atom. The SMILES string of the molecule is COC(=O)c1cncc(C(=O)OC(c2c(C)nn(C)c2C)C(F)(F)F)c1. The van der Waals surface area contributed by atoms with Gasteiger partial charge in [-0.3, -0.25) is 9.67 Å². The van der Waals surface area contributed by atoms with Gasteiger partial charge in [-0.1, -0.05) is 0 Å². The Labute approximate surface area is 146 Å². The molecule has 2 aromatic heterocycles. The van der Waals surface area contributed by atoms with E-state index in [0.29, 0.717) is 0 Å². The maximum atomic E-state index is 13.5. The van der Waals surface area contributed by atoms with Gasteiger partial charge in [0.25, 0.3) is 0 Å². The normalized spacial score (nSPS) is 12.6. The third-order valence-corrected chi connectivity index (χ3v) is 3.74. The molecular weight excluding hydrogens is 355 g/mol. The summed E-state index contributed by atoms with van der Waals surface area (Å²) in [4.78, 5) is 27.4. The molecule has 2 heterocycles. The monoisotopic (exact) mass is 371 g/mol. The molecule has 26 heavy (non-hydrogen) atoms. The zero-order chi connectivity index (χ0) is 19.6. The van der Waals surface area contributed by atoms with Crippen molar-refractivity contribution in [3.63, 3.8) is 0 Å². The smallest absolute Gasteiger partial charge is 0.430 e. The predicted octanol–water partition coefficient (Wildman–Crippen LogP) is 2.68. The van der Waals surface area contributed by atoms with Crippen molar-refractivity contribution in [3.05, 3.63) is 46.5 Å². The Hall–Kier alpha value is -2.91. The third-order valence-electron chi connectivity index (χ3n) is 3.74. The second-order valence-electron chi connectivity index (χ2n) is 5.49. The first-order valence-electron chi connectivity index (χ1n) is 7.37. The van der Waals surface area contributed by atoms with E-state index in [2.05, 4.69) is 14.8 Å². The van der Waals surface area contributed by atoms with Gasteiger partial charge in [-0.15, -0.1) is 0 Å². The second-order valence-corrected chi connectivity index (χ2v) is 5.49. The van der Waals surface area contributed by atoms with E-state index >= 15 is 0 Å². The van der Waals surface area contributed by atoms with Crippen LogP contribution in [0.2, 0.25) is 0 Å². The molecule has 0 saturated carbocycles. The number of rotatable bonds is 4. The molecule has 0 fully saturated rings. The number of carbonyl (C=O) groups excluding carboxylic acids is 2. The van der Waals surface area contributed by atoms with Crippen molar-refractivity contribution in [1.82, 2.24) is 14.8 Å². The molecule has 0 saturated heterocycles. The summed E-state index contributed by atoms with van der Waals surface area (Å²) in [6, 6.07) is 1.05. The van der Waals surface area contributed by atoms with E-state index in [9.17, 15) is 22.8 Å². The Balaban J connectivity index is 2.38. The maximum Gasteiger partial charge on any atom is 0.430 e. The average molecular weight is 371 g/mol. The van der Waals surface area contributed by atoms with E-state index in [4.69, 9.17) is 4.74 Å². The van der Waals surface area contributed by atoms with Crippen LogP contribution in [0.25, 0.3) is 0 Å². The summed E-state index contributed by atoms with van der Waals surface area (Å²) in [5, 5.41) is 3.93. The number of alkyl halides is 3. The lowest BCUT2D eigenvalue weighted by Crippen LogP contribution is -2.27. The minimum Gasteiger partial charge on any atom is -0.465 e. The van der Waals surface area contributed by atoms with Crippen molar-refractivity contribution in [2.24, 2.45) is 7.05 Å². The first-order valence-corrected chi connectivity index (χ1v) is 7.37. The van der Waals surface area contributed by atoms with Gasteiger partial charge < -0.3 is 9.47 Å². The number of carbonyl (C=O) groups is 2. The fraction of sp³-hybridized carbons (Fsp3) is 0.375. The second kappa shape index (κ2) is 7.14. The van der Waals surface area contributed by atoms with Crippen LogP contribution in [-0.2, 0) is 16.5 Å². The fourth-order valence-electron chi connectivity index (χ4n) is 2.41. The zero-order valence-corrected chi connectivity index (χ0v) is 14.4. The molecular formula is C16H16F3N3O4.